The molecule has 1 heteroatoms. The zero-order chi connectivity index (χ0) is 8.60. The zero-order valence-corrected chi connectivity index (χ0v) is 7.84. The zero-order valence-electron chi connectivity index (χ0n) is 7.84. The van der Waals surface area contributed by atoms with E-state index in [9.17, 15) is 5.11 Å². The summed E-state index contributed by atoms with van der Waals surface area (Å²) < 4.78 is 0. The maximum atomic E-state index is 9.73. The minimum Gasteiger partial charge on any atom is -0.512 e. The Labute approximate surface area is 74.5 Å². The lowest BCUT2D eigenvalue weighted by atomic mass is 9.62. The molecule has 2 aliphatic rings. The number of hydrogen-bond donors (Lipinski definition) is 1. The summed E-state index contributed by atoms with van der Waals surface area (Å²) in [5.41, 5.74) is 0.428. The monoisotopic (exact) mass is 166 g/mol. The van der Waals surface area contributed by atoms with Crippen molar-refractivity contribution in [2.75, 3.05) is 0 Å². The molecular formula is C11H18O. The van der Waals surface area contributed by atoms with Crippen LogP contribution in [0, 0.1) is 11.3 Å². The summed E-state index contributed by atoms with van der Waals surface area (Å²) in [4.78, 5) is 0. The molecule has 0 heterocycles. The number of rotatable bonds is 0. The van der Waals surface area contributed by atoms with Gasteiger partial charge in [0.05, 0.1) is 5.76 Å². The fourth-order valence-electron chi connectivity index (χ4n) is 2.90. The lowest BCUT2D eigenvalue weighted by molar-refractivity contribution is 0.0832. The third-order valence-corrected chi connectivity index (χ3v) is 3.76. The average molecular weight is 166 g/mol. The van der Waals surface area contributed by atoms with Crippen molar-refractivity contribution in [3.63, 3.8) is 0 Å². The second-order valence-corrected chi connectivity index (χ2v) is 4.62. The number of aliphatic hydroxyl groups excluding tert-OH is 1. The van der Waals surface area contributed by atoms with Gasteiger partial charge >= 0.3 is 0 Å². The summed E-state index contributed by atoms with van der Waals surface area (Å²) in [6.07, 6.45) is 9.57. The molecule has 1 fully saturated rings. The Morgan fingerprint density at radius 1 is 1.42 bits per heavy atom. The van der Waals surface area contributed by atoms with E-state index in [2.05, 4.69) is 6.92 Å². The van der Waals surface area contributed by atoms with Gasteiger partial charge in [0.25, 0.3) is 0 Å². The molecule has 0 spiro atoms. The summed E-state index contributed by atoms with van der Waals surface area (Å²) in [6.45, 7) is 2.35. The Balaban J connectivity index is 2.23. The molecule has 2 rings (SSSR count). The van der Waals surface area contributed by atoms with Crippen molar-refractivity contribution in [2.24, 2.45) is 11.3 Å². The molecule has 2 atom stereocenters. The van der Waals surface area contributed by atoms with Gasteiger partial charge in [-0.3, -0.25) is 0 Å². The van der Waals surface area contributed by atoms with E-state index in [0.717, 1.165) is 6.42 Å². The minimum absolute atomic E-state index is 0.428. The highest BCUT2D eigenvalue weighted by atomic mass is 16.3. The summed E-state index contributed by atoms with van der Waals surface area (Å²) in [5.74, 6) is 1.17. The van der Waals surface area contributed by atoms with Gasteiger partial charge in [0.1, 0.15) is 0 Å². The molecule has 0 aromatic carbocycles. The van der Waals surface area contributed by atoms with Crippen LogP contribution in [-0.2, 0) is 0 Å². The topological polar surface area (TPSA) is 20.2 Å². The lowest BCUT2D eigenvalue weighted by Gasteiger charge is -2.43. The Morgan fingerprint density at radius 2 is 2.25 bits per heavy atom. The van der Waals surface area contributed by atoms with E-state index in [0.29, 0.717) is 17.1 Å². The van der Waals surface area contributed by atoms with Crippen molar-refractivity contribution < 1.29 is 5.11 Å². The second-order valence-electron chi connectivity index (χ2n) is 4.62. The van der Waals surface area contributed by atoms with E-state index in [-0.39, 0.29) is 0 Å². The standard InChI is InChI=1S/C11H18O/c1-11-7-3-2-5-9(11)10(12)6-4-8-11/h6,9,12H,2-5,7-8H2,1H3/t9-,11+/m1/s1. The van der Waals surface area contributed by atoms with Gasteiger partial charge in [0, 0.05) is 5.92 Å². The van der Waals surface area contributed by atoms with E-state index in [1.165, 1.54) is 32.1 Å². The molecule has 0 bridgehead atoms. The summed E-state index contributed by atoms with van der Waals surface area (Å²) in [5, 5.41) is 9.73. The molecule has 0 saturated heterocycles. The first-order valence-electron chi connectivity index (χ1n) is 5.11. The van der Waals surface area contributed by atoms with Crippen LogP contribution in [0.4, 0.5) is 0 Å². The quantitative estimate of drug-likeness (QED) is 0.584. The molecule has 0 unspecified atom stereocenters. The predicted octanol–water partition coefficient (Wildman–Crippen LogP) is 3.42. The molecule has 68 valence electrons. The highest BCUT2D eigenvalue weighted by Gasteiger charge is 2.39. The maximum absolute atomic E-state index is 9.73. The van der Waals surface area contributed by atoms with Crippen LogP contribution in [0.5, 0.6) is 0 Å². The molecule has 0 radical (unpaired) electrons. The molecule has 1 nitrogen and oxygen atoms in total. The maximum Gasteiger partial charge on any atom is 0.0919 e. The Bertz CT molecular complexity index is 207. The minimum atomic E-state index is 0.428. The van der Waals surface area contributed by atoms with Gasteiger partial charge in [-0.05, 0) is 37.2 Å². The highest BCUT2D eigenvalue weighted by molar-refractivity contribution is 5.09. The van der Waals surface area contributed by atoms with Crippen LogP contribution in [0.15, 0.2) is 11.8 Å². The predicted molar refractivity (Wildman–Crippen MR) is 50.0 cm³/mol. The lowest BCUT2D eigenvalue weighted by Crippen LogP contribution is -2.34. The van der Waals surface area contributed by atoms with Gasteiger partial charge < -0.3 is 5.11 Å². The number of fused-ring (bicyclic) bond motifs is 1. The van der Waals surface area contributed by atoms with Crippen LogP contribution in [-0.4, -0.2) is 5.11 Å². The van der Waals surface area contributed by atoms with Gasteiger partial charge in [0.15, 0.2) is 0 Å². The summed E-state index contributed by atoms with van der Waals surface area (Å²) >= 11 is 0. The van der Waals surface area contributed by atoms with Gasteiger partial charge in [0.2, 0.25) is 0 Å². The fraction of sp³-hybridized carbons (Fsp3) is 0.818. The van der Waals surface area contributed by atoms with Crippen LogP contribution in [0.3, 0.4) is 0 Å². The normalized spacial score (nSPS) is 41.8. The van der Waals surface area contributed by atoms with E-state index < -0.39 is 0 Å². The molecule has 2 aliphatic carbocycles. The molecule has 0 aliphatic heterocycles. The largest absolute Gasteiger partial charge is 0.512 e. The number of hydrogen-bond acceptors (Lipinski definition) is 1. The van der Waals surface area contributed by atoms with Gasteiger partial charge in [-0.25, -0.2) is 0 Å². The van der Waals surface area contributed by atoms with Crippen molar-refractivity contribution >= 4 is 0 Å². The van der Waals surface area contributed by atoms with Crippen LogP contribution in [0.25, 0.3) is 0 Å². The Hall–Kier alpha value is -0.460. The van der Waals surface area contributed by atoms with Crippen molar-refractivity contribution in [2.45, 2.75) is 45.4 Å². The molecule has 12 heavy (non-hydrogen) atoms. The first-order valence-corrected chi connectivity index (χ1v) is 5.11. The smallest absolute Gasteiger partial charge is 0.0919 e. The van der Waals surface area contributed by atoms with Crippen LogP contribution < -0.4 is 0 Å². The highest BCUT2D eigenvalue weighted by Crippen LogP contribution is 2.49. The Morgan fingerprint density at radius 3 is 3.00 bits per heavy atom. The van der Waals surface area contributed by atoms with Gasteiger partial charge in [-0.15, -0.1) is 0 Å². The van der Waals surface area contributed by atoms with Crippen molar-refractivity contribution in [3.8, 4) is 0 Å². The van der Waals surface area contributed by atoms with Gasteiger partial charge in [-0.2, -0.15) is 0 Å². The van der Waals surface area contributed by atoms with E-state index in [1.54, 1.807) is 0 Å². The third-order valence-electron chi connectivity index (χ3n) is 3.76. The van der Waals surface area contributed by atoms with Crippen LogP contribution in [0.2, 0.25) is 0 Å². The van der Waals surface area contributed by atoms with E-state index in [1.807, 2.05) is 6.08 Å². The molecule has 1 saturated carbocycles. The molecular weight excluding hydrogens is 148 g/mol. The molecule has 1 N–H and O–H groups in total. The molecule has 0 aromatic rings. The fourth-order valence-corrected chi connectivity index (χ4v) is 2.90. The SMILES string of the molecule is C[C@]12CCC=C(O)[C@H]1CCCC2. The van der Waals surface area contributed by atoms with Gasteiger partial charge in [-0.1, -0.05) is 19.8 Å². The van der Waals surface area contributed by atoms with Crippen molar-refractivity contribution in [1.29, 1.82) is 0 Å². The number of allylic oxidation sites excluding steroid dienone is 2. The first kappa shape index (κ1) is 8.15. The van der Waals surface area contributed by atoms with E-state index >= 15 is 0 Å². The van der Waals surface area contributed by atoms with Crippen LogP contribution >= 0.6 is 0 Å². The number of aliphatic hydroxyl groups is 1. The molecule has 0 amide bonds. The average Bonchev–Trinajstić information content (AvgIpc) is 2.04. The third kappa shape index (κ3) is 1.16. The van der Waals surface area contributed by atoms with Crippen LogP contribution in [0.1, 0.15) is 45.4 Å². The summed E-state index contributed by atoms with van der Waals surface area (Å²) in [6, 6.07) is 0. The van der Waals surface area contributed by atoms with Crippen molar-refractivity contribution in [3.05, 3.63) is 11.8 Å². The first-order chi connectivity index (χ1) is 5.72. The van der Waals surface area contributed by atoms with Crippen molar-refractivity contribution in [1.82, 2.24) is 0 Å². The summed E-state index contributed by atoms with van der Waals surface area (Å²) in [7, 11) is 0. The molecule has 0 aromatic heterocycles. The van der Waals surface area contributed by atoms with E-state index in [4.69, 9.17) is 0 Å². The second kappa shape index (κ2) is 2.79. The Kier molecular flexibility index (Phi) is 1.90.